The van der Waals surface area contributed by atoms with Crippen LogP contribution < -0.4 is 30.7 Å². The summed E-state index contributed by atoms with van der Waals surface area (Å²) >= 11 is 31.3. The zero-order valence-electron chi connectivity index (χ0n) is 36.8. The van der Waals surface area contributed by atoms with Gasteiger partial charge in [-0.1, -0.05) is 35.3 Å². The topological polar surface area (TPSA) is 218 Å². The average molecular weight is 1030 g/mol. The smallest absolute Gasteiger partial charge is 0.258 e. The molecule has 4 N–H and O–H groups in total. The third-order valence-corrected chi connectivity index (χ3v) is 11.1. The van der Waals surface area contributed by atoms with Crippen molar-refractivity contribution >= 4 is 127 Å². The Bertz CT molecular complexity index is 2790. The highest BCUT2D eigenvalue weighted by Gasteiger charge is 2.26. The van der Waals surface area contributed by atoms with Gasteiger partial charge in [-0.15, -0.1) is 34.8 Å². The van der Waals surface area contributed by atoms with Crippen LogP contribution in [0.25, 0.3) is 0 Å². The number of carbonyl (C=O) groups excluding carboxylic acids is 6. The Morgan fingerprint density at radius 1 is 0.544 bits per heavy atom. The molecule has 0 saturated carbocycles. The molecule has 5 aromatic carbocycles. The molecule has 0 aliphatic carbocycles. The van der Waals surface area contributed by atoms with Crippen molar-refractivity contribution < 1.29 is 38.2 Å². The summed E-state index contributed by atoms with van der Waals surface area (Å²) in [4.78, 5) is 78.8. The molecule has 0 heterocycles. The fraction of sp³-hybridized carbons (Fsp3) is 0.234. The van der Waals surface area contributed by atoms with Crippen molar-refractivity contribution in [2.24, 2.45) is 20.5 Å². The van der Waals surface area contributed by atoms with Gasteiger partial charge >= 0.3 is 0 Å². The summed E-state index contributed by atoms with van der Waals surface area (Å²) in [6.07, 6.45) is 0. The molecule has 2 unspecified atom stereocenters. The molecule has 0 spiro atoms. The standard InChI is InChI=1S/C47H43Cl5N8O8/c1-5-67-40-11-7-9-38(33(40)23-49)55-44(63)31-20-29(13-16-35(31)51)57-59-42(25(3)61)46(65)53-28-15-18-37(27(19-28)22-48)54-47(66)43(26(4)62)60-58-30-14-17-36(52)32(21-30)45(64)56-39-10-8-12-41(68-6-2)34(39)24-50/h7-21,42-43H,5-6,22-24H2,1-4H3,(H,53,65)(H,54,66)(H,55,63)(H,56,64). The van der Waals surface area contributed by atoms with E-state index in [1.54, 1.807) is 36.4 Å². The van der Waals surface area contributed by atoms with Gasteiger partial charge in [-0.3, -0.25) is 28.8 Å². The molecule has 21 heteroatoms. The van der Waals surface area contributed by atoms with Crippen LogP contribution in [-0.4, -0.2) is 60.5 Å². The molecule has 0 aliphatic heterocycles. The van der Waals surface area contributed by atoms with E-state index in [-0.39, 0.29) is 61.6 Å². The van der Waals surface area contributed by atoms with Crippen molar-refractivity contribution in [2.75, 3.05) is 34.5 Å². The summed E-state index contributed by atoms with van der Waals surface area (Å²) < 4.78 is 11.2. The molecule has 5 aromatic rings. The number of azo groups is 2. The van der Waals surface area contributed by atoms with E-state index >= 15 is 0 Å². The number of Topliss-reactive ketones (excluding diaryl/α,β-unsaturated/α-hetero) is 2. The Morgan fingerprint density at radius 3 is 1.41 bits per heavy atom. The second-order valence-corrected chi connectivity index (χ2v) is 16.0. The molecule has 0 bridgehead atoms. The van der Waals surface area contributed by atoms with Gasteiger partial charge in [0, 0.05) is 39.8 Å². The zero-order valence-corrected chi connectivity index (χ0v) is 40.6. The highest BCUT2D eigenvalue weighted by molar-refractivity contribution is 6.35. The number of alkyl halides is 3. The first-order valence-corrected chi connectivity index (χ1v) is 22.9. The van der Waals surface area contributed by atoms with Crippen molar-refractivity contribution in [2.45, 2.75) is 57.4 Å². The maximum atomic E-state index is 13.4. The third-order valence-electron chi connectivity index (χ3n) is 9.64. The van der Waals surface area contributed by atoms with Crippen molar-refractivity contribution in [1.82, 2.24) is 0 Å². The van der Waals surface area contributed by atoms with E-state index in [4.69, 9.17) is 67.5 Å². The van der Waals surface area contributed by atoms with Crippen LogP contribution in [0.3, 0.4) is 0 Å². The Kier molecular flexibility index (Phi) is 19.4. The van der Waals surface area contributed by atoms with Crippen LogP contribution in [0.4, 0.5) is 34.1 Å². The van der Waals surface area contributed by atoms with Crippen LogP contribution in [0.15, 0.2) is 111 Å². The number of nitrogens with one attached hydrogen (secondary N) is 4. The lowest BCUT2D eigenvalue weighted by molar-refractivity contribution is -0.127. The number of halogens is 5. The monoisotopic (exact) mass is 1020 g/mol. The van der Waals surface area contributed by atoms with Gasteiger partial charge in [0.25, 0.3) is 23.6 Å². The summed E-state index contributed by atoms with van der Waals surface area (Å²) in [5, 5.41) is 27.1. The van der Waals surface area contributed by atoms with Crippen LogP contribution in [0.5, 0.6) is 11.5 Å². The largest absolute Gasteiger partial charge is 0.493 e. The van der Waals surface area contributed by atoms with Crippen molar-refractivity contribution in [3.8, 4) is 11.5 Å². The van der Waals surface area contributed by atoms with Crippen molar-refractivity contribution in [3.05, 3.63) is 129 Å². The number of hydrogen-bond donors (Lipinski definition) is 4. The molecule has 0 fully saturated rings. The third kappa shape index (κ3) is 13.6. The lowest BCUT2D eigenvalue weighted by atomic mass is 10.1. The number of ketones is 2. The van der Waals surface area contributed by atoms with Crippen LogP contribution in [0.2, 0.25) is 10.0 Å². The van der Waals surface area contributed by atoms with Gasteiger partial charge < -0.3 is 30.7 Å². The van der Waals surface area contributed by atoms with Gasteiger partial charge in [0.2, 0.25) is 12.1 Å². The maximum absolute atomic E-state index is 13.4. The van der Waals surface area contributed by atoms with E-state index in [9.17, 15) is 28.8 Å². The van der Waals surface area contributed by atoms with Gasteiger partial charge in [0.15, 0.2) is 11.6 Å². The van der Waals surface area contributed by atoms with Crippen LogP contribution in [-0.2, 0) is 36.8 Å². The van der Waals surface area contributed by atoms with Crippen molar-refractivity contribution in [1.29, 1.82) is 0 Å². The molecule has 0 radical (unpaired) electrons. The number of anilines is 4. The fourth-order valence-corrected chi connectivity index (χ4v) is 7.48. The number of ether oxygens (including phenoxy) is 2. The molecule has 2 atom stereocenters. The van der Waals surface area contributed by atoms with Gasteiger partial charge in [-0.2, -0.15) is 20.5 Å². The van der Waals surface area contributed by atoms with E-state index in [0.29, 0.717) is 52.8 Å². The van der Waals surface area contributed by atoms with Crippen LogP contribution >= 0.6 is 58.0 Å². The van der Waals surface area contributed by atoms with E-state index in [0.717, 1.165) is 13.8 Å². The second-order valence-electron chi connectivity index (χ2n) is 14.4. The van der Waals surface area contributed by atoms with Crippen LogP contribution in [0.1, 0.15) is 65.1 Å². The zero-order chi connectivity index (χ0) is 49.5. The molecule has 354 valence electrons. The second kappa shape index (κ2) is 25.1. The molecule has 0 aromatic heterocycles. The predicted molar refractivity (Wildman–Crippen MR) is 264 cm³/mol. The summed E-state index contributed by atoms with van der Waals surface area (Å²) in [5.74, 6) is -3.15. The normalized spacial score (nSPS) is 12.0. The summed E-state index contributed by atoms with van der Waals surface area (Å²) in [6, 6.07) is 19.7. The first-order valence-electron chi connectivity index (χ1n) is 20.6. The predicted octanol–water partition coefficient (Wildman–Crippen LogP) is 11.9. The first-order chi connectivity index (χ1) is 32.6. The summed E-state index contributed by atoms with van der Waals surface area (Å²) in [6.45, 7) is 6.75. The van der Waals surface area contributed by atoms with E-state index in [1.807, 2.05) is 13.8 Å². The molecule has 0 aliphatic rings. The highest BCUT2D eigenvalue weighted by Crippen LogP contribution is 2.33. The Morgan fingerprint density at radius 2 is 1.00 bits per heavy atom. The SMILES string of the molecule is CCOc1cccc(NC(=O)c2cc(N=NC(C(C)=O)C(=O)Nc3ccc(NC(=O)C(N=Nc4ccc(Cl)c(C(=O)Nc5cccc(OCC)c5CCl)c4)C(C)=O)c(CCl)c3)ccc2Cl)c1CCl. The molecule has 5 rings (SSSR count). The average Bonchev–Trinajstić information content (AvgIpc) is 3.30. The van der Waals surface area contributed by atoms with Crippen LogP contribution in [0, 0.1) is 0 Å². The fourth-order valence-electron chi connectivity index (χ4n) is 6.30. The molecular weight excluding hydrogens is 982 g/mol. The summed E-state index contributed by atoms with van der Waals surface area (Å²) in [5.41, 5.74) is 2.98. The van der Waals surface area contributed by atoms with E-state index in [2.05, 4.69) is 41.7 Å². The quantitative estimate of drug-likeness (QED) is 0.0314. The molecular formula is C47H43Cl5N8O8. The first kappa shape index (κ1) is 52.5. The maximum Gasteiger partial charge on any atom is 0.258 e. The highest BCUT2D eigenvalue weighted by atomic mass is 35.5. The van der Waals surface area contributed by atoms with Crippen molar-refractivity contribution in [3.63, 3.8) is 0 Å². The molecule has 16 nitrogen and oxygen atoms in total. The number of rotatable bonds is 21. The number of carbonyl (C=O) groups is 6. The van der Waals surface area contributed by atoms with E-state index < -0.39 is 47.3 Å². The Balaban J connectivity index is 1.26. The Hall–Kier alpha value is -6.43. The van der Waals surface area contributed by atoms with Gasteiger partial charge in [-0.25, -0.2) is 0 Å². The van der Waals surface area contributed by atoms with Gasteiger partial charge in [-0.05, 0) is 112 Å². The van der Waals surface area contributed by atoms with E-state index in [1.165, 1.54) is 54.6 Å². The minimum atomic E-state index is -1.62. The number of benzene rings is 5. The molecule has 0 saturated heterocycles. The minimum absolute atomic E-state index is 0.0334. The lowest BCUT2D eigenvalue weighted by Gasteiger charge is -2.15. The molecule has 68 heavy (non-hydrogen) atoms. The Labute approximate surface area is 416 Å². The minimum Gasteiger partial charge on any atom is -0.493 e. The van der Waals surface area contributed by atoms with Gasteiger partial charge in [0.05, 0.1) is 57.5 Å². The number of hydrogen-bond acceptors (Lipinski definition) is 12. The number of nitrogens with zero attached hydrogens (tertiary/aromatic N) is 4. The summed E-state index contributed by atoms with van der Waals surface area (Å²) in [7, 11) is 0. The van der Waals surface area contributed by atoms with Gasteiger partial charge in [0.1, 0.15) is 11.5 Å². The number of amides is 4. The lowest BCUT2D eigenvalue weighted by Crippen LogP contribution is -2.32. The molecule has 4 amide bonds.